The highest BCUT2D eigenvalue weighted by molar-refractivity contribution is 6.05. The second kappa shape index (κ2) is 5.55. The number of ether oxygens (including phenoxy) is 1. The summed E-state index contributed by atoms with van der Waals surface area (Å²) < 4.78 is 12.4. The van der Waals surface area contributed by atoms with Crippen molar-refractivity contribution >= 4 is 22.5 Å². The second-order valence-corrected chi connectivity index (χ2v) is 4.94. The minimum Gasteiger partial charge on any atom is -0.476 e. The van der Waals surface area contributed by atoms with E-state index in [0.29, 0.717) is 29.5 Å². The smallest absolute Gasteiger partial charge is 0.259 e. The Kier molecular flexibility index (Phi) is 3.58. The van der Waals surface area contributed by atoms with Crippen molar-refractivity contribution in [2.24, 2.45) is 7.05 Å². The van der Waals surface area contributed by atoms with E-state index in [-0.39, 0.29) is 5.91 Å². The summed E-state index contributed by atoms with van der Waals surface area (Å²) in [5.41, 5.74) is 2.16. The Morgan fingerprint density at radius 1 is 1.41 bits per heavy atom. The SMILES string of the molecule is CCOc1nn(C)c2ccc(NC(=O)c3ccoc3C)cc12. The van der Waals surface area contributed by atoms with Gasteiger partial charge in [-0.1, -0.05) is 0 Å². The molecule has 2 heterocycles. The molecule has 0 spiro atoms. The standard InChI is InChI=1S/C16H17N3O3/c1-4-21-16-13-9-11(5-6-14(13)19(3)18-16)17-15(20)12-7-8-22-10(12)2/h5-9H,4H2,1-3H3,(H,17,20). The zero-order valence-corrected chi connectivity index (χ0v) is 12.7. The van der Waals surface area contributed by atoms with Crippen LogP contribution in [0.2, 0.25) is 0 Å². The Balaban J connectivity index is 1.93. The predicted octanol–water partition coefficient (Wildman–Crippen LogP) is 3.13. The van der Waals surface area contributed by atoms with Crippen LogP contribution in [0.4, 0.5) is 5.69 Å². The van der Waals surface area contributed by atoms with Gasteiger partial charge >= 0.3 is 0 Å². The topological polar surface area (TPSA) is 69.3 Å². The molecule has 0 unspecified atom stereocenters. The summed E-state index contributed by atoms with van der Waals surface area (Å²) in [4.78, 5) is 12.2. The lowest BCUT2D eigenvalue weighted by molar-refractivity contribution is 0.102. The van der Waals surface area contributed by atoms with E-state index in [1.54, 1.807) is 17.7 Å². The van der Waals surface area contributed by atoms with Crippen molar-refractivity contribution in [1.82, 2.24) is 9.78 Å². The lowest BCUT2D eigenvalue weighted by atomic mass is 10.2. The molecule has 1 N–H and O–H groups in total. The molecule has 3 aromatic rings. The number of furan rings is 1. The molecule has 0 fully saturated rings. The molecule has 0 aliphatic carbocycles. The monoisotopic (exact) mass is 299 g/mol. The van der Waals surface area contributed by atoms with Gasteiger partial charge in [-0.3, -0.25) is 9.48 Å². The van der Waals surface area contributed by atoms with Crippen LogP contribution in [-0.2, 0) is 7.05 Å². The molecular weight excluding hydrogens is 282 g/mol. The first-order chi connectivity index (χ1) is 10.6. The van der Waals surface area contributed by atoms with E-state index in [1.807, 2.05) is 32.2 Å². The minimum absolute atomic E-state index is 0.201. The van der Waals surface area contributed by atoms with Crippen molar-refractivity contribution in [1.29, 1.82) is 0 Å². The Hall–Kier alpha value is -2.76. The number of nitrogens with zero attached hydrogens (tertiary/aromatic N) is 2. The molecule has 1 amide bonds. The fourth-order valence-corrected chi connectivity index (χ4v) is 2.37. The quantitative estimate of drug-likeness (QED) is 0.803. The third-order valence-electron chi connectivity index (χ3n) is 3.46. The van der Waals surface area contributed by atoms with Crippen LogP contribution in [0.15, 0.2) is 34.9 Å². The summed E-state index contributed by atoms with van der Waals surface area (Å²) in [5.74, 6) is 0.956. The number of amides is 1. The molecule has 0 aliphatic heterocycles. The van der Waals surface area contributed by atoms with Crippen LogP contribution in [0.1, 0.15) is 23.0 Å². The molecule has 0 radical (unpaired) electrons. The lowest BCUT2D eigenvalue weighted by Crippen LogP contribution is -2.11. The van der Waals surface area contributed by atoms with Crippen LogP contribution in [0.25, 0.3) is 10.9 Å². The highest BCUT2D eigenvalue weighted by Crippen LogP contribution is 2.27. The van der Waals surface area contributed by atoms with Crippen molar-refractivity contribution < 1.29 is 13.9 Å². The third-order valence-corrected chi connectivity index (χ3v) is 3.46. The van der Waals surface area contributed by atoms with Crippen molar-refractivity contribution in [2.45, 2.75) is 13.8 Å². The van der Waals surface area contributed by atoms with E-state index in [4.69, 9.17) is 9.15 Å². The summed E-state index contributed by atoms with van der Waals surface area (Å²) in [6, 6.07) is 7.26. The zero-order valence-electron chi connectivity index (χ0n) is 12.7. The third kappa shape index (κ3) is 2.43. The largest absolute Gasteiger partial charge is 0.476 e. The molecule has 114 valence electrons. The molecular formula is C16H17N3O3. The van der Waals surface area contributed by atoms with E-state index < -0.39 is 0 Å². The molecule has 0 aliphatic rings. The first-order valence-electron chi connectivity index (χ1n) is 7.05. The Morgan fingerprint density at radius 3 is 2.91 bits per heavy atom. The maximum Gasteiger partial charge on any atom is 0.259 e. The molecule has 6 nitrogen and oxygen atoms in total. The maximum atomic E-state index is 12.2. The van der Waals surface area contributed by atoms with Gasteiger partial charge in [0.25, 0.3) is 5.91 Å². The Labute approximate surface area is 127 Å². The van der Waals surface area contributed by atoms with E-state index in [9.17, 15) is 4.79 Å². The summed E-state index contributed by atoms with van der Waals surface area (Å²) >= 11 is 0. The first-order valence-corrected chi connectivity index (χ1v) is 7.05. The predicted molar refractivity (Wildman–Crippen MR) is 83.3 cm³/mol. The van der Waals surface area contributed by atoms with Crippen molar-refractivity contribution in [3.05, 3.63) is 41.9 Å². The number of anilines is 1. The van der Waals surface area contributed by atoms with Crippen LogP contribution in [0, 0.1) is 6.92 Å². The van der Waals surface area contributed by atoms with E-state index >= 15 is 0 Å². The summed E-state index contributed by atoms with van der Waals surface area (Å²) in [5, 5.41) is 8.06. The minimum atomic E-state index is -0.201. The molecule has 2 aromatic heterocycles. The average molecular weight is 299 g/mol. The van der Waals surface area contributed by atoms with Gasteiger partial charge in [0.15, 0.2) is 0 Å². The number of benzene rings is 1. The number of carbonyl (C=O) groups is 1. The molecule has 0 saturated carbocycles. The van der Waals surface area contributed by atoms with Crippen LogP contribution in [-0.4, -0.2) is 22.3 Å². The summed E-state index contributed by atoms with van der Waals surface area (Å²) in [7, 11) is 1.86. The summed E-state index contributed by atoms with van der Waals surface area (Å²) in [6.07, 6.45) is 1.50. The number of nitrogens with one attached hydrogen (secondary N) is 1. The van der Waals surface area contributed by atoms with Crippen molar-refractivity contribution in [3.8, 4) is 5.88 Å². The number of rotatable bonds is 4. The van der Waals surface area contributed by atoms with Crippen LogP contribution in [0.5, 0.6) is 5.88 Å². The van der Waals surface area contributed by atoms with Gasteiger partial charge < -0.3 is 14.5 Å². The van der Waals surface area contributed by atoms with E-state index in [1.165, 1.54) is 6.26 Å². The molecule has 0 atom stereocenters. The molecule has 22 heavy (non-hydrogen) atoms. The number of fused-ring (bicyclic) bond motifs is 1. The zero-order chi connectivity index (χ0) is 15.7. The maximum absolute atomic E-state index is 12.2. The van der Waals surface area contributed by atoms with Gasteiger partial charge in [-0.25, -0.2) is 0 Å². The number of carbonyl (C=O) groups excluding carboxylic acids is 1. The van der Waals surface area contributed by atoms with Gasteiger partial charge in [0.2, 0.25) is 5.88 Å². The van der Waals surface area contributed by atoms with Crippen LogP contribution in [0.3, 0.4) is 0 Å². The fraction of sp³-hybridized carbons (Fsp3) is 0.250. The van der Waals surface area contributed by atoms with E-state index in [0.717, 1.165) is 10.9 Å². The molecule has 0 saturated heterocycles. The Morgan fingerprint density at radius 2 is 2.23 bits per heavy atom. The van der Waals surface area contributed by atoms with Crippen LogP contribution >= 0.6 is 0 Å². The highest BCUT2D eigenvalue weighted by atomic mass is 16.5. The van der Waals surface area contributed by atoms with E-state index in [2.05, 4.69) is 10.4 Å². The number of aromatic nitrogens is 2. The first kappa shape index (κ1) is 14.2. The van der Waals surface area contributed by atoms with Gasteiger partial charge in [0, 0.05) is 12.7 Å². The molecule has 3 rings (SSSR count). The van der Waals surface area contributed by atoms with Gasteiger partial charge in [-0.05, 0) is 38.1 Å². The van der Waals surface area contributed by atoms with Crippen molar-refractivity contribution in [2.75, 3.05) is 11.9 Å². The number of hydrogen-bond donors (Lipinski definition) is 1. The molecule has 1 aromatic carbocycles. The van der Waals surface area contributed by atoms with Crippen molar-refractivity contribution in [3.63, 3.8) is 0 Å². The number of aryl methyl sites for hydroxylation is 2. The summed E-state index contributed by atoms with van der Waals surface area (Å²) in [6.45, 7) is 4.21. The molecule has 0 bridgehead atoms. The molecule has 6 heteroatoms. The van der Waals surface area contributed by atoms with Gasteiger partial charge in [0.1, 0.15) is 5.76 Å². The fourth-order valence-electron chi connectivity index (χ4n) is 2.37. The second-order valence-electron chi connectivity index (χ2n) is 4.94. The van der Waals surface area contributed by atoms with Gasteiger partial charge in [-0.15, -0.1) is 5.10 Å². The van der Waals surface area contributed by atoms with Gasteiger partial charge in [-0.2, -0.15) is 0 Å². The van der Waals surface area contributed by atoms with Crippen LogP contribution < -0.4 is 10.1 Å². The normalized spacial score (nSPS) is 10.9. The van der Waals surface area contributed by atoms with Gasteiger partial charge in [0.05, 0.1) is 29.3 Å². The Bertz CT molecular complexity index is 832. The lowest BCUT2D eigenvalue weighted by Gasteiger charge is -2.05. The number of hydrogen-bond acceptors (Lipinski definition) is 4. The average Bonchev–Trinajstić information content (AvgIpc) is 3.04. The highest BCUT2D eigenvalue weighted by Gasteiger charge is 2.14.